The summed E-state index contributed by atoms with van der Waals surface area (Å²) in [6, 6.07) is 4.61. The Kier molecular flexibility index (Phi) is 7.10. The Hall–Kier alpha value is -1.62. The van der Waals surface area contributed by atoms with E-state index in [1.165, 1.54) is 37.8 Å². The molecule has 3 rings (SSSR count). The van der Waals surface area contributed by atoms with E-state index >= 15 is 0 Å². The summed E-state index contributed by atoms with van der Waals surface area (Å²) in [5, 5.41) is 3.22. The molecule has 0 unspecified atom stereocenters. The molecule has 1 aromatic heterocycles. The third kappa shape index (κ3) is 5.99. The first kappa shape index (κ1) is 18.2. The molecule has 2 heterocycles. The summed E-state index contributed by atoms with van der Waals surface area (Å²) >= 11 is 0. The van der Waals surface area contributed by atoms with Crippen LogP contribution < -0.4 is 10.2 Å². The molecule has 1 aromatic rings. The SMILES string of the molecule is O=C(CCCCN1CCN(c2ccncc2)CC1)NC1CCCCC1. The molecule has 2 fully saturated rings. The van der Waals surface area contributed by atoms with E-state index in [4.69, 9.17) is 0 Å². The number of unbranched alkanes of at least 4 members (excludes halogenated alkanes) is 1. The zero-order valence-corrected chi connectivity index (χ0v) is 15.3. The van der Waals surface area contributed by atoms with Crippen molar-refractivity contribution in [3.05, 3.63) is 24.5 Å². The Labute approximate surface area is 151 Å². The van der Waals surface area contributed by atoms with Crippen molar-refractivity contribution in [3.8, 4) is 0 Å². The first-order valence-corrected chi connectivity index (χ1v) is 9.98. The molecular formula is C20H32N4O. The highest BCUT2D eigenvalue weighted by atomic mass is 16.1. The minimum Gasteiger partial charge on any atom is -0.369 e. The molecule has 0 spiro atoms. The van der Waals surface area contributed by atoms with Crippen LogP contribution >= 0.6 is 0 Å². The van der Waals surface area contributed by atoms with Crippen LogP contribution in [0.5, 0.6) is 0 Å². The van der Waals surface area contributed by atoms with Crippen molar-refractivity contribution >= 4 is 11.6 Å². The fourth-order valence-electron chi connectivity index (χ4n) is 3.95. The molecule has 1 aliphatic carbocycles. The third-order valence-corrected chi connectivity index (χ3v) is 5.50. The number of piperazine rings is 1. The molecule has 138 valence electrons. The van der Waals surface area contributed by atoms with Crippen LogP contribution in [0, 0.1) is 0 Å². The summed E-state index contributed by atoms with van der Waals surface area (Å²) < 4.78 is 0. The first-order valence-electron chi connectivity index (χ1n) is 9.98. The zero-order chi connectivity index (χ0) is 17.3. The first-order chi connectivity index (χ1) is 12.3. The molecule has 1 N–H and O–H groups in total. The van der Waals surface area contributed by atoms with Gasteiger partial charge in [-0.3, -0.25) is 14.7 Å². The van der Waals surface area contributed by atoms with Crippen molar-refractivity contribution in [2.45, 2.75) is 57.4 Å². The molecule has 1 aliphatic heterocycles. The summed E-state index contributed by atoms with van der Waals surface area (Å²) in [5.74, 6) is 0.259. The zero-order valence-electron chi connectivity index (χ0n) is 15.3. The summed E-state index contributed by atoms with van der Waals surface area (Å²) in [7, 11) is 0. The van der Waals surface area contributed by atoms with Gasteiger partial charge in [-0.25, -0.2) is 0 Å². The number of aromatic nitrogens is 1. The van der Waals surface area contributed by atoms with Gasteiger partial charge in [-0.2, -0.15) is 0 Å². The van der Waals surface area contributed by atoms with Gasteiger partial charge in [0, 0.05) is 56.7 Å². The smallest absolute Gasteiger partial charge is 0.220 e. The van der Waals surface area contributed by atoms with Crippen LogP contribution in [0.1, 0.15) is 51.4 Å². The van der Waals surface area contributed by atoms with Gasteiger partial charge in [-0.15, -0.1) is 0 Å². The van der Waals surface area contributed by atoms with E-state index in [9.17, 15) is 4.79 Å². The minimum atomic E-state index is 0.259. The second kappa shape index (κ2) is 9.76. The van der Waals surface area contributed by atoms with Gasteiger partial charge in [-0.05, 0) is 44.4 Å². The largest absolute Gasteiger partial charge is 0.369 e. The van der Waals surface area contributed by atoms with Gasteiger partial charge in [-0.1, -0.05) is 19.3 Å². The second-order valence-corrected chi connectivity index (χ2v) is 7.39. The number of carbonyl (C=O) groups excluding carboxylic acids is 1. The van der Waals surface area contributed by atoms with Crippen molar-refractivity contribution in [1.82, 2.24) is 15.2 Å². The van der Waals surface area contributed by atoms with Crippen LogP contribution in [-0.2, 0) is 4.79 Å². The standard InChI is InChI=1S/C20H32N4O/c25-20(22-18-6-2-1-3-7-18)8-4-5-13-23-14-16-24(17-15-23)19-9-11-21-12-10-19/h9-12,18H,1-8,13-17H2,(H,22,25). The summed E-state index contributed by atoms with van der Waals surface area (Å²) in [4.78, 5) is 21.1. The van der Waals surface area contributed by atoms with Gasteiger partial charge < -0.3 is 10.2 Å². The fraction of sp³-hybridized carbons (Fsp3) is 0.700. The van der Waals surface area contributed by atoms with Crippen LogP contribution in [0.25, 0.3) is 0 Å². The Morgan fingerprint density at radius 3 is 2.48 bits per heavy atom. The highest BCUT2D eigenvalue weighted by molar-refractivity contribution is 5.76. The third-order valence-electron chi connectivity index (χ3n) is 5.50. The number of hydrogen-bond donors (Lipinski definition) is 1. The minimum absolute atomic E-state index is 0.259. The van der Waals surface area contributed by atoms with E-state index < -0.39 is 0 Å². The Morgan fingerprint density at radius 1 is 1.04 bits per heavy atom. The van der Waals surface area contributed by atoms with Gasteiger partial charge in [0.2, 0.25) is 5.91 Å². The maximum atomic E-state index is 12.0. The Morgan fingerprint density at radius 2 is 1.76 bits per heavy atom. The lowest BCUT2D eigenvalue weighted by Gasteiger charge is -2.36. The molecule has 0 aromatic carbocycles. The molecule has 5 heteroatoms. The fourth-order valence-corrected chi connectivity index (χ4v) is 3.95. The maximum Gasteiger partial charge on any atom is 0.220 e. The molecule has 0 atom stereocenters. The Bertz CT molecular complexity index is 508. The molecule has 2 aliphatic rings. The number of amides is 1. The second-order valence-electron chi connectivity index (χ2n) is 7.39. The van der Waals surface area contributed by atoms with Crippen LogP contribution in [0.3, 0.4) is 0 Å². The Balaban J connectivity index is 1.25. The normalized spacial score (nSPS) is 19.8. The van der Waals surface area contributed by atoms with Gasteiger partial charge in [0.05, 0.1) is 0 Å². The van der Waals surface area contributed by atoms with Crippen LogP contribution in [0.2, 0.25) is 0 Å². The van der Waals surface area contributed by atoms with Crippen molar-refractivity contribution in [2.24, 2.45) is 0 Å². The molecule has 5 nitrogen and oxygen atoms in total. The van der Waals surface area contributed by atoms with Crippen LogP contribution in [0.15, 0.2) is 24.5 Å². The molecule has 1 amide bonds. The lowest BCUT2D eigenvalue weighted by atomic mass is 9.95. The van der Waals surface area contributed by atoms with Crippen molar-refractivity contribution in [2.75, 3.05) is 37.6 Å². The summed E-state index contributed by atoms with van der Waals surface area (Å²) in [5.41, 5.74) is 1.27. The maximum absolute atomic E-state index is 12.0. The van der Waals surface area contributed by atoms with Crippen LogP contribution in [0.4, 0.5) is 5.69 Å². The monoisotopic (exact) mass is 344 g/mol. The van der Waals surface area contributed by atoms with E-state index in [2.05, 4.69) is 32.2 Å². The van der Waals surface area contributed by atoms with Gasteiger partial charge >= 0.3 is 0 Å². The summed E-state index contributed by atoms with van der Waals surface area (Å²) in [6.45, 7) is 5.48. The molecule has 0 bridgehead atoms. The van der Waals surface area contributed by atoms with E-state index in [1.807, 2.05) is 12.4 Å². The van der Waals surface area contributed by atoms with E-state index in [0.717, 1.165) is 45.6 Å². The van der Waals surface area contributed by atoms with Crippen molar-refractivity contribution < 1.29 is 4.79 Å². The van der Waals surface area contributed by atoms with Crippen LogP contribution in [-0.4, -0.2) is 54.6 Å². The number of anilines is 1. The average Bonchev–Trinajstić information content (AvgIpc) is 2.67. The molecule has 25 heavy (non-hydrogen) atoms. The highest BCUT2D eigenvalue weighted by Crippen LogP contribution is 2.18. The molecular weight excluding hydrogens is 312 g/mol. The van der Waals surface area contributed by atoms with Gasteiger partial charge in [0.15, 0.2) is 0 Å². The van der Waals surface area contributed by atoms with Crippen molar-refractivity contribution in [3.63, 3.8) is 0 Å². The van der Waals surface area contributed by atoms with E-state index in [1.54, 1.807) is 0 Å². The predicted octanol–water partition coefficient (Wildman–Crippen LogP) is 2.82. The topological polar surface area (TPSA) is 48.5 Å². The lowest BCUT2D eigenvalue weighted by Crippen LogP contribution is -2.46. The number of carbonyl (C=O) groups is 1. The molecule has 1 saturated heterocycles. The number of nitrogens with zero attached hydrogens (tertiary/aromatic N) is 3. The average molecular weight is 345 g/mol. The quantitative estimate of drug-likeness (QED) is 0.773. The highest BCUT2D eigenvalue weighted by Gasteiger charge is 2.17. The van der Waals surface area contributed by atoms with E-state index in [-0.39, 0.29) is 5.91 Å². The van der Waals surface area contributed by atoms with Crippen molar-refractivity contribution in [1.29, 1.82) is 0 Å². The summed E-state index contributed by atoms with van der Waals surface area (Å²) in [6.07, 6.45) is 12.8. The van der Waals surface area contributed by atoms with Gasteiger partial charge in [0.1, 0.15) is 0 Å². The van der Waals surface area contributed by atoms with E-state index in [0.29, 0.717) is 12.5 Å². The molecule has 0 radical (unpaired) electrons. The number of hydrogen-bond acceptors (Lipinski definition) is 4. The number of pyridine rings is 1. The molecule has 1 saturated carbocycles. The number of rotatable bonds is 7. The predicted molar refractivity (Wildman–Crippen MR) is 102 cm³/mol. The number of nitrogens with one attached hydrogen (secondary N) is 1. The lowest BCUT2D eigenvalue weighted by molar-refractivity contribution is -0.122. The van der Waals surface area contributed by atoms with Gasteiger partial charge in [0.25, 0.3) is 0 Å².